The van der Waals surface area contributed by atoms with E-state index in [4.69, 9.17) is 9.72 Å². The number of aryl methyl sites for hydroxylation is 2. The molecule has 158 valence electrons. The van der Waals surface area contributed by atoms with Crippen molar-refractivity contribution in [2.45, 2.75) is 39.9 Å². The van der Waals surface area contributed by atoms with Crippen LogP contribution in [0.3, 0.4) is 0 Å². The first-order chi connectivity index (χ1) is 14.9. The van der Waals surface area contributed by atoms with Crippen molar-refractivity contribution in [1.29, 1.82) is 0 Å². The van der Waals surface area contributed by atoms with Crippen LogP contribution < -0.4 is 5.32 Å². The normalized spacial score (nSPS) is 12.3. The van der Waals surface area contributed by atoms with Gasteiger partial charge in [-0.3, -0.25) is 4.79 Å². The molecule has 2 heterocycles. The van der Waals surface area contributed by atoms with Crippen molar-refractivity contribution < 1.29 is 9.53 Å². The molecule has 31 heavy (non-hydrogen) atoms. The van der Waals surface area contributed by atoms with Crippen molar-refractivity contribution >= 4 is 33.1 Å². The summed E-state index contributed by atoms with van der Waals surface area (Å²) in [5.41, 5.74) is 4.50. The molecule has 0 aliphatic heterocycles. The number of hydrogen-bond acceptors (Lipinski definition) is 4. The van der Waals surface area contributed by atoms with E-state index in [9.17, 15) is 4.79 Å². The Morgan fingerprint density at radius 2 is 1.65 bits per heavy atom. The molecule has 1 N–H and O–H groups in total. The number of hydrogen-bond donors (Lipinski definition) is 1. The number of carbonyl (C=O) groups excluding carboxylic acids is 1. The van der Waals surface area contributed by atoms with Crippen molar-refractivity contribution in [3.63, 3.8) is 0 Å². The summed E-state index contributed by atoms with van der Waals surface area (Å²) < 4.78 is 6.38. The maximum absolute atomic E-state index is 13.1. The fraction of sp³-hybridized carbons (Fsp3) is 0.231. The van der Waals surface area contributed by atoms with Gasteiger partial charge in [0.2, 0.25) is 0 Å². The van der Waals surface area contributed by atoms with Gasteiger partial charge in [0.1, 0.15) is 10.9 Å². The minimum Gasteiger partial charge on any atom is -0.365 e. The van der Waals surface area contributed by atoms with Gasteiger partial charge in [0.15, 0.2) is 0 Å². The molecule has 0 saturated carbocycles. The molecule has 1 atom stereocenters. The summed E-state index contributed by atoms with van der Waals surface area (Å²) in [6.07, 6.45) is -0.282. The van der Waals surface area contributed by atoms with E-state index in [2.05, 4.69) is 30.4 Å². The standard InChI is InChI=1S/C26H26N2O2S/c1-16(2)30-23(19-11-7-5-8-12-19)24-22(28-25(29)20-13-9-6-10-14-20)21-17(3)15-18(4)27-26(21)31-24/h5-16,23H,1-4H3,(H,28,29). The largest absolute Gasteiger partial charge is 0.365 e. The third kappa shape index (κ3) is 4.53. The van der Waals surface area contributed by atoms with Crippen LogP contribution in [0, 0.1) is 13.8 Å². The average Bonchev–Trinajstić information content (AvgIpc) is 3.11. The molecule has 1 unspecified atom stereocenters. The van der Waals surface area contributed by atoms with E-state index in [0.29, 0.717) is 5.56 Å². The number of amides is 1. The lowest BCUT2D eigenvalue weighted by atomic mass is 10.0. The fourth-order valence-corrected chi connectivity index (χ4v) is 5.05. The van der Waals surface area contributed by atoms with Crippen molar-refractivity contribution in [3.05, 3.63) is 94.0 Å². The summed E-state index contributed by atoms with van der Waals surface area (Å²) in [7, 11) is 0. The van der Waals surface area contributed by atoms with Crippen molar-refractivity contribution in [3.8, 4) is 0 Å². The number of fused-ring (bicyclic) bond motifs is 1. The molecule has 1 amide bonds. The number of carbonyl (C=O) groups is 1. The van der Waals surface area contributed by atoms with Crippen LogP contribution in [0.4, 0.5) is 5.69 Å². The first-order valence-corrected chi connectivity index (χ1v) is 11.2. The Kier molecular flexibility index (Phi) is 6.16. The van der Waals surface area contributed by atoms with E-state index in [1.54, 1.807) is 11.3 Å². The molecule has 0 spiro atoms. The third-order valence-corrected chi connectivity index (χ3v) is 6.16. The Bertz CT molecular complexity index is 1200. The number of rotatable bonds is 6. The highest BCUT2D eigenvalue weighted by Crippen LogP contribution is 2.44. The molecular formula is C26H26N2O2S. The molecular weight excluding hydrogens is 404 g/mol. The monoisotopic (exact) mass is 430 g/mol. The smallest absolute Gasteiger partial charge is 0.255 e. The van der Waals surface area contributed by atoms with Crippen LogP contribution in [0.1, 0.15) is 52.0 Å². The molecule has 4 nitrogen and oxygen atoms in total. The highest BCUT2D eigenvalue weighted by Gasteiger charge is 2.27. The van der Waals surface area contributed by atoms with E-state index in [-0.39, 0.29) is 18.1 Å². The SMILES string of the molecule is Cc1cc(C)c2c(NC(=O)c3ccccc3)c(C(OC(C)C)c3ccccc3)sc2n1. The molecule has 0 aliphatic rings. The average molecular weight is 431 g/mol. The van der Waals surface area contributed by atoms with Gasteiger partial charge < -0.3 is 10.1 Å². The highest BCUT2D eigenvalue weighted by atomic mass is 32.1. The maximum Gasteiger partial charge on any atom is 0.255 e. The van der Waals surface area contributed by atoms with Crippen molar-refractivity contribution in [2.24, 2.45) is 0 Å². The Labute approximate surface area is 186 Å². The zero-order valence-corrected chi connectivity index (χ0v) is 19.0. The van der Waals surface area contributed by atoms with Crippen LogP contribution in [0.25, 0.3) is 10.2 Å². The zero-order chi connectivity index (χ0) is 22.0. The quantitative estimate of drug-likeness (QED) is 0.371. The highest BCUT2D eigenvalue weighted by molar-refractivity contribution is 7.19. The van der Waals surface area contributed by atoms with Gasteiger partial charge in [-0.1, -0.05) is 48.5 Å². The number of ether oxygens (including phenoxy) is 1. The lowest BCUT2D eigenvalue weighted by Crippen LogP contribution is -2.16. The molecule has 0 bridgehead atoms. The fourth-order valence-electron chi connectivity index (χ4n) is 3.73. The van der Waals surface area contributed by atoms with Crippen LogP contribution in [-0.4, -0.2) is 17.0 Å². The number of nitrogens with zero attached hydrogens (tertiary/aromatic N) is 1. The van der Waals surface area contributed by atoms with Crippen molar-refractivity contribution in [1.82, 2.24) is 4.98 Å². The molecule has 2 aromatic carbocycles. The summed E-state index contributed by atoms with van der Waals surface area (Å²) in [4.78, 5) is 19.7. The lowest BCUT2D eigenvalue weighted by Gasteiger charge is -2.21. The van der Waals surface area contributed by atoms with Crippen LogP contribution in [-0.2, 0) is 4.74 Å². The molecule has 0 fully saturated rings. The second-order valence-electron chi connectivity index (χ2n) is 7.90. The zero-order valence-electron chi connectivity index (χ0n) is 18.2. The van der Waals surface area contributed by atoms with Gasteiger partial charge in [0, 0.05) is 16.6 Å². The Hall–Kier alpha value is -3.02. The molecule has 0 saturated heterocycles. The van der Waals surface area contributed by atoms with E-state index in [0.717, 1.165) is 37.6 Å². The predicted molar refractivity (Wildman–Crippen MR) is 128 cm³/mol. The summed E-state index contributed by atoms with van der Waals surface area (Å²) in [6, 6.07) is 21.5. The number of anilines is 1. The first kappa shape index (κ1) is 21.2. The van der Waals surface area contributed by atoms with Gasteiger partial charge in [0.25, 0.3) is 5.91 Å². The number of thiophene rings is 1. The third-order valence-electron chi connectivity index (χ3n) is 5.04. The Balaban J connectivity index is 1.90. The number of benzene rings is 2. The van der Waals surface area contributed by atoms with E-state index >= 15 is 0 Å². The van der Waals surface area contributed by atoms with Gasteiger partial charge in [-0.2, -0.15) is 0 Å². The van der Waals surface area contributed by atoms with E-state index in [1.165, 1.54) is 0 Å². The van der Waals surface area contributed by atoms with Gasteiger partial charge in [-0.25, -0.2) is 4.98 Å². The van der Waals surface area contributed by atoms with Crippen molar-refractivity contribution in [2.75, 3.05) is 5.32 Å². The van der Waals surface area contributed by atoms with Crippen LogP contribution in [0.2, 0.25) is 0 Å². The topological polar surface area (TPSA) is 51.2 Å². The molecule has 2 aromatic heterocycles. The summed E-state index contributed by atoms with van der Waals surface area (Å²) in [5, 5.41) is 4.16. The van der Waals surface area contributed by atoms with Crippen LogP contribution in [0.5, 0.6) is 0 Å². The number of aromatic nitrogens is 1. The minimum absolute atomic E-state index is 0.0175. The second kappa shape index (κ2) is 9.00. The number of pyridine rings is 1. The van der Waals surface area contributed by atoms with Crippen LogP contribution in [0.15, 0.2) is 66.7 Å². The maximum atomic E-state index is 13.1. The van der Waals surface area contributed by atoms with E-state index in [1.807, 2.05) is 69.3 Å². The van der Waals surface area contributed by atoms with Gasteiger partial charge >= 0.3 is 0 Å². The van der Waals surface area contributed by atoms with Crippen LogP contribution >= 0.6 is 11.3 Å². The summed E-state index contributed by atoms with van der Waals surface area (Å²) in [5.74, 6) is -0.141. The van der Waals surface area contributed by atoms with Gasteiger partial charge in [-0.15, -0.1) is 11.3 Å². The molecule has 0 aliphatic carbocycles. The molecule has 4 rings (SSSR count). The van der Waals surface area contributed by atoms with Gasteiger partial charge in [0.05, 0.1) is 16.7 Å². The second-order valence-corrected chi connectivity index (χ2v) is 8.93. The lowest BCUT2D eigenvalue weighted by molar-refractivity contribution is 0.0327. The molecule has 0 radical (unpaired) electrons. The number of nitrogens with one attached hydrogen (secondary N) is 1. The van der Waals surface area contributed by atoms with Gasteiger partial charge in [-0.05, 0) is 57.0 Å². The van der Waals surface area contributed by atoms with E-state index < -0.39 is 0 Å². The predicted octanol–water partition coefficient (Wildman–Crippen LogP) is 6.68. The Morgan fingerprint density at radius 3 is 2.29 bits per heavy atom. The minimum atomic E-state index is -0.300. The first-order valence-electron chi connectivity index (χ1n) is 10.4. The molecule has 4 aromatic rings. The summed E-state index contributed by atoms with van der Waals surface area (Å²) >= 11 is 1.58. The molecule has 5 heteroatoms. The Morgan fingerprint density at radius 1 is 1.00 bits per heavy atom. The summed E-state index contributed by atoms with van der Waals surface area (Å²) in [6.45, 7) is 8.11.